The Labute approximate surface area is 118 Å². The number of nitrogens with one attached hydrogen (secondary N) is 1. The molecule has 0 aromatic heterocycles. The molecule has 2 fully saturated rings. The van der Waals surface area contributed by atoms with Crippen LogP contribution in [0.25, 0.3) is 0 Å². The second-order valence-corrected chi connectivity index (χ2v) is 5.64. The number of phenolic OH excluding ortho intramolecular Hbond substituents is 2. The average Bonchev–Trinajstić information content (AvgIpc) is 2.82. The summed E-state index contributed by atoms with van der Waals surface area (Å²) < 4.78 is 0. The van der Waals surface area contributed by atoms with Gasteiger partial charge in [0.05, 0.1) is 0 Å². The minimum absolute atomic E-state index is 0.0261. The van der Waals surface area contributed by atoms with Gasteiger partial charge in [-0.05, 0) is 37.9 Å². The van der Waals surface area contributed by atoms with Crippen LogP contribution in [-0.4, -0.2) is 46.2 Å². The van der Waals surface area contributed by atoms with Crippen LogP contribution < -0.4 is 5.32 Å². The molecular formula is C15H20N2O3. The van der Waals surface area contributed by atoms with Gasteiger partial charge in [0, 0.05) is 18.6 Å². The minimum Gasteiger partial charge on any atom is -0.507 e. The molecule has 5 nitrogen and oxygen atoms in total. The van der Waals surface area contributed by atoms with E-state index in [9.17, 15) is 15.0 Å². The molecule has 5 heteroatoms. The number of benzene rings is 1. The summed E-state index contributed by atoms with van der Waals surface area (Å²) in [6.45, 7) is 2.13. The maximum atomic E-state index is 12.3. The summed E-state index contributed by atoms with van der Waals surface area (Å²) in [6.07, 6.45) is 4.48. The van der Waals surface area contributed by atoms with E-state index in [0.717, 1.165) is 25.9 Å². The van der Waals surface area contributed by atoms with Gasteiger partial charge in [-0.1, -0.05) is 12.5 Å². The third kappa shape index (κ3) is 2.33. The second kappa shape index (κ2) is 5.32. The smallest absolute Gasteiger partial charge is 0.259 e. The number of piperidine rings is 1. The number of phenols is 2. The molecule has 2 atom stereocenters. The van der Waals surface area contributed by atoms with Crippen LogP contribution in [0.4, 0.5) is 0 Å². The van der Waals surface area contributed by atoms with Crippen LogP contribution in [0.15, 0.2) is 18.2 Å². The third-order valence-electron chi connectivity index (χ3n) is 4.42. The Kier molecular flexibility index (Phi) is 3.53. The third-order valence-corrected chi connectivity index (χ3v) is 4.42. The molecule has 108 valence electrons. The molecule has 2 saturated heterocycles. The maximum absolute atomic E-state index is 12.3. The lowest BCUT2D eigenvalue weighted by atomic mass is 9.98. The van der Waals surface area contributed by atoms with Gasteiger partial charge in [0.25, 0.3) is 5.91 Å². The molecule has 3 N–H and O–H groups in total. The van der Waals surface area contributed by atoms with Crippen molar-refractivity contribution in [3.05, 3.63) is 23.8 Å². The lowest BCUT2D eigenvalue weighted by Gasteiger charge is -2.32. The molecule has 2 heterocycles. The minimum atomic E-state index is -0.391. The highest BCUT2D eigenvalue weighted by Crippen LogP contribution is 2.29. The van der Waals surface area contributed by atoms with Crippen molar-refractivity contribution in [2.24, 2.45) is 0 Å². The quantitative estimate of drug-likeness (QED) is 0.764. The first-order valence-corrected chi connectivity index (χ1v) is 7.22. The van der Waals surface area contributed by atoms with Crippen molar-refractivity contribution in [2.45, 2.75) is 37.8 Å². The maximum Gasteiger partial charge on any atom is 0.259 e. The Balaban J connectivity index is 1.73. The number of aromatic hydroxyl groups is 2. The lowest BCUT2D eigenvalue weighted by molar-refractivity contribution is 0.0910. The van der Waals surface area contributed by atoms with Crippen LogP contribution >= 0.6 is 0 Å². The standard InChI is InChI=1S/C15H20N2O3/c18-12-5-3-6-13(19)14(12)15(20)16-10-7-9-17-8-2-1-4-11(10)17/h3,5-6,10-11,18-19H,1-2,4,7-9H2,(H,16,20). The summed E-state index contributed by atoms with van der Waals surface area (Å²) in [6, 6.07) is 4.86. The van der Waals surface area contributed by atoms with E-state index in [-0.39, 0.29) is 23.1 Å². The Morgan fingerprint density at radius 2 is 1.90 bits per heavy atom. The molecule has 3 rings (SSSR count). The summed E-state index contributed by atoms with van der Waals surface area (Å²) in [5.74, 6) is -0.750. The number of hydrogen-bond donors (Lipinski definition) is 3. The fraction of sp³-hybridized carbons (Fsp3) is 0.533. The zero-order chi connectivity index (χ0) is 14.1. The van der Waals surface area contributed by atoms with Crippen LogP contribution in [0.2, 0.25) is 0 Å². The van der Waals surface area contributed by atoms with Gasteiger partial charge in [-0.2, -0.15) is 0 Å². The van der Waals surface area contributed by atoms with Crippen molar-refractivity contribution >= 4 is 5.91 Å². The fourth-order valence-corrected chi connectivity index (χ4v) is 3.42. The van der Waals surface area contributed by atoms with Gasteiger partial charge in [-0.15, -0.1) is 0 Å². The van der Waals surface area contributed by atoms with E-state index in [0.29, 0.717) is 6.04 Å². The highest BCUT2D eigenvalue weighted by atomic mass is 16.3. The number of amides is 1. The molecular weight excluding hydrogens is 256 g/mol. The highest BCUT2D eigenvalue weighted by Gasteiger charge is 2.36. The summed E-state index contributed by atoms with van der Waals surface area (Å²) >= 11 is 0. The molecule has 0 saturated carbocycles. The first kappa shape index (κ1) is 13.2. The molecule has 0 aliphatic carbocycles. The first-order chi connectivity index (χ1) is 9.66. The predicted molar refractivity (Wildman–Crippen MR) is 74.9 cm³/mol. The van der Waals surface area contributed by atoms with E-state index >= 15 is 0 Å². The van der Waals surface area contributed by atoms with Crippen LogP contribution in [0, 0.1) is 0 Å². The predicted octanol–water partition coefficient (Wildman–Crippen LogP) is 1.45. The molecule has 0 bridgehead atoms. The largest absolute Gasteiger partial charge is 0.507 e. The molecule has 1 amide bonds. The monoisotopic (exact) mass is 276 g/mol. The topological polar surface area (TPSA) is 72.8 Å². The van der Waals surface area contributed by atoms with Gasteiger partial charge < -0.3 is 15.5 Å². The zero-order valence-corrected chi connectivity index (χ0v) is 11.4. The molecule has 0 radical (unpaired) electrons. The van der Waals surface area contributed by atoms with Crippen molar-refractivity contribution in [2.75, 3.05) is 13.1 Å². The number of carbonyl (C=O) groups excluding carboxylic acids is 1. The van der Waals surface area contributed by atoms with Crippen molar-refractivity contribution < 1.29 is 15.0 Å². The number of nitrogens with zero attached hydrogens (tertiary/aromatic N) is 1. The Morgan fingerprint density at radius 1 is 1.15 bits per heavy atom. The van der Waals surface area contributed by atoms with Gasteiger partial charge >= 0.3 is 0 Å². The Morgan fingerprint density at radius 3 is 2.65 bits per heavy atom. The Bertz CT molecular complexity index is 498. The summed E-state index contributed by atoms with van der Waals surface area (Å²) in [5.41, 5.74) is -0.0261. The van der Waals surface area contributed by atoms with Gasteiger partial charge in [0.15, 0.2) is 0 Å². The molecule has 1 aromatic rings. The lowest BCUT2D eigenvalue weighted by Crippen LogP contribution is -2.46. The van der Waals surface area contributed by atoms with Gasteiger partial charge in [0.1, 0.15) is 17.1 Å². The number of carbonyl (C=O) groups is 1. The summed E-state index contributed by atoms with van der Waals surface area (Å²) in [5, 5.41) is 22.4. The summed E-state index contributed by atoms with van der Waals surface area (Å²) in [4.78, 5) is 14.7. The molecule has 1 aromatic carbocycles. The zero-order valence-electron chi connectivity index (χ0n) is 11.4. The van der Waals surface area contributed by atoms with Crippen LogP contribution in [0.3, 0.4) is 0 Å². The molecule has 2 unspecified atom stereocenters. The van der Waals surface area contributed by atoms with Crippen molar-refractivity contribution in [1.29, 1.82) is 0 Å². The van der Waals surface area contributed by atoms with Gasteiger partial charge in [-0.3, -0.25) is 9.69 Å². The van der Waals surface area contributed by atoms with Gasteiger partial charge in [0.2, 0.25) is 0 Å². The van der Waals surface area contributed by atoms with Crippen LogP contribution in [0.1, 0.15) is 36.0 Å². The second-order valence-electron chi connectivity index (χ2n) is 5.64. The van der Waals surface area contributed by atoms with Crippen molar-refractivity contribution in [3.63, 3.8) is 0 Å². The molecule has 20 heavy (non-hydrogen) atoms. The van der Waals surface area contributed by atoms with E-state index in [2.05, 4.69) is 10.2 Å². The number of hydrogen-bond acceptors (Lipinski definition) is 4. The molecule has 2 aliphatic rings. The van der Waals surface area contributed by atoms with Gasteiger partial charge in [-0.25, -0.2) is 0 Å². The normalized spacial score (nSPS) is 26.2. The van der Waals surface area contributed by atoms with E-state index in [4.69, 9.17) is 0 Å². The summed E-state index contributed by atoms with van der Waals surface area (Å²) in [7, 11) is 0. The van der Waals surface area contributed by atoms with Crippen LogP contribution in [0.5, 0.6) is 11.5 Å². The highest BCUT2D eigenvalue weighted by molar-refractivity contribution is 5.99. The SMILES string of the molecule is O=C(NC1CCN2CCCCC12)c1c(O)cccc1O. The van der Waals surface area contributed by atoms with E-state index in [1.54, 1.807) is 0 Å². The van der Waals surface area contributed by atoms with E-state index < -0.39 is 5.91 Å². The number of rotatable bonds is 2. The van der Waals surface area contributed by atoms with E-state index in [1.165, 1.54) is 31.0 Å². The first-order valence-electron chi connectivity index (χ1n) is 7.22. The fourth-order valence-electron chi connectivity index (χ4n) is 3.42. The Hall–Kier alpha value is -1.75. The number of fused-ring (bicyclic) bond motifs is 1. The van der Waals surface area contributed by atoms with Crippen LogP contribution in [-0.2, 0) is 0 Å². The van der Waals surface area contributed by atoms with E-state index in [1.807, 2.05) is 0 Å². The molecule has 2 aliphatic heterocycles. The van der Waals surface area contributed by atoms with Crippen molar-refractivity contribution in [3.8, 4) is 11.5 Å². The van der Waals surface area contributed by atoms with Crippen molar-refractivity contribution in [1.82, 2.24) is 10.2 Å². The average molecular weight is 276 g/mol. The molecule has 0 spiro atoms.